The van der Waals surface area contributed by atoms with E-state index < -0.39 is 11.4 Å². The van der Waals surface area contributed by atoms with Gasteiger partial charge in [0.15, 0.2) is 5.65 Å². The maximum Gasteiger partial charge on any atom is 0.269 e. The Morgan fingerprint density at radius 1 is 1.04 bits per heavy atom. The lowest BCUT2D eigenvalue weighted by Gasteiger charge is -2.14. The molecule has 7 heteroatoms. The molecule has 4 aromatic rings. The zero-order valence-electron chi connectivity index (χ0n) is 12.9. The second-order valence-corrected chi connectivity index (χ2v) is 5.30. The third kappa shape index (κ3) is 2.83. The number of hydrogen-bond donors (Lipinski definition) is 1. The van der Waals surface area contributed by atoms with Crippen LogP contribution in [0.5, 0.6) is 0 Å². The molecule has 6 nitrogen and oxygen atoms in total. The summed E-state index contributed by atoms with van der Waals surface area (Å²) in [5, 5.41) is 3.19. The fourth-order valence-corrected chi connectivity index (χ4v) is 2.51. The second kappa shape index (κ2) is 6.12. The second-order valence-electron chi connectivity index (χ2n) is 5.30. The molecule has 122 valence electrons. The number of rotatable bonds is 3. The lowest BCUT2D eigenvalue weighted by atomic mass is 10.3. The molecule has 4 rings (SSSR count). The van der Waals surface area contributed by atoms with Gasteiger partial charge in [-0.15, -0.1) is 0 Å². The van der Waals surface area contributed by atoms with Crippen LogP contribution >= 0.6 is 0 Å². The summed E-state index contributed by atoms with van der Waals surface area (Å²) in [6.07, 6.45) is 4.30. The summed E-state index contributed by atoms with van der Waals surface area (Å²) in [6, 6.07) is 13.7. The molecule has 0 aliphatic rings. The van der Waals surface area contributed by atoms with Gasteiger partial charge in [0, 0.05) is 6.20 Å². The van der Waals surface area contributed by atoms with Crippen molar-refractivity contribution in [3.8, 4) is 5.69 Å². The van der Waals surface area contributed by atoms with Gasteiger partial charge < -0.3 is 5.32 Å². The van der Waals surface area contributed by atoms with Crippen LogP contribution in [0.1, 0.15) is 0 Å². The molecule has 0 amide bonds. The Morgan fingerprint density at radius 3 is 2.64 bits per heavy atom. The summed E-state index contributed by atoms with van der Waals surface area (Å²) in [6.45, 7) is 0. The van der Waals surface area contributed by atoms with Crippen LogP contribution in [-0.2, 0) is 0 Å². The van der Waals surface area contributed by atoms with Crippen molar-refractivity contribution in [2.75, 3.05) is 5.32 Å². The van der Waals surface area contributed by atoms with E-state index in [1.807, 2.05) is 18.2 Å². The Kier molecular flexibility index (Phi) is 3.66. The van der Waals surface area contributed by atoms with Crippen LogP contribution < -0.4 is 10.9 Å². The largest absolute Gasteiger partial charge is 0.324 e. The van der Waals surface area contributed by atoms with E-state index in [0.29, 0.717) is 11.4 Å². The monoisotopic (exact) mass is 333 g/mol. The van der Waals surface area contributed by atoms with Gasteiger partial charge in [-0.1, -0.05) is 18.2 Å². The fraction of sp³-hybridized carbons (Fsp3) is 0. The first-order valence-corrected chi connectivity index (χ1v) is 7.53. The van der Waals surface area contributed by atoms with E-state index in [4.69, 9.17) is 0 Å². The van der Waals surface area contributed by atoms with Crippen molar-refractivity contribution in [3.63, 3.8) is 0 Å². The molecule has 0 fully saturated rings. The minimum atomic E-state index is -0.584. The molecule has 0 atom stereocenters. The normalized spacial score (nSPS) is 10.8. The van der Waals surface area contributed by atoms with Crippen molar-refractivity contribution < 1.29 is 4.39 Å². The first-order valence-electron chi connectivity index (χ1n) is 7.53. The topological polar surface area (TPSA) is 72.7 Å². The van der Waals surface area contributed by atoms with Crippen molar-refractivity contribution in [1.82, 2.24) is 19.5 Å². The molecule has 0 aliphatic carbocycles. The Labute approximate surface area is 141 Å². The van der Waals surface area contributed by atoms with E-state index in [-0.39, 0.29) is 17.0 Å². The van der Waals surface area contributed by atoms with Gasteiger partial charge in [-0.05, 0) is 30.3 Å². The van der Waals surface area contributed by atoms with Gasteiger partial charge in [0.1, 0.15) is 5.82 Å². The highest BCUT2D eigenvalue weighted by molar-refractivity contribution is 5.76. The van der Waals surface area contributed by atoms with E-state index in [1.165, 1.54) is 4.57 Å². The predicted octanol–water partition coefficient (Wildman–Crippen LogP) is 3.06. The van der Waals surface area contributed by atoms with Gasteiger partial charge in [0.05, 0.1) is 29.2 Å². The molecule has 0 saturated heterocycles. The van der Waals surface area contributed by atoms with E-state index in [1.54, 1.807) is 36.7 Å². The van der Waals surface area contributed by atoms with E-state index in [9.17, 15) is 9.18 Å². The molecule has 0 saturated carbocycles. The first kappa shape index (κ1) is 14.9. The summed E-state index contributed by atoms with van der Waals surface area (Å²) in [5.74, 6) is -0.310. The standard InChI is InChI=1S/C18H12FN5O/c19-12-9-15-16(21-10-12)23-18(22-13-5-4-8-20-11-13)24(17(15)25)14-6-2-1-3-7-14/h1-11H,(H,21,22,23). The number of aromatic nitrogens is 4. The smallest absolute Gasteiger partial charge is 0.269 e. The van der Waals surface area contributed by atoms with Crippen LogP contribution in [0.2, 0.25) is 0 Å². The minimum Gasteiger partial charge on any atom is -0.324 e. The molecule has 0 spiro atoms. The number of hydrogen-bond acceptors (Lipinski definition) is 5. The van der Waals surface area contributed by atoms with E-state index >= 15 is 0 Å². The third-order valence-electron chi connectivity index (χ3n) is 3.62. The highest BCUT2D eigenvalue weighted by atomic mass is 19.1. The SMILES string of the molecule is O=c1c2cc(F)cnc2nc(Nc2cccnc2)n1-c1ccccc1. The summed E-state index contributed by atoms with van der Waals surface area (Å²) in [4.78, 5) is 25.3. The van der Waals surface area contributed by atoms with Crippen LogP contribution in [0, 0.1) is 5.82 Å². The van der Waals surface area contributed by atoms with Crippen LogP contribution in [0.3, 0.4) is 0 Å². The average Bonchev–Trinajstić information content (AvgIpc) is 2.64. The number of anilines is 2. The summed E-state index contributed by atoms with van der Waals surface area (Å²) in [5.41, 5.74) is 1.04. The van der Waals surface area contributed by atoms with E-state index in [2.05, 4.69) is 20.3 Å². The molecule has 3 aromatic heterocycles. The Balaban J connectivity index is 1.99. The molecular weight excluding hydrogens is 321 g/mol. The molecule has 3 heterocycles. The number of pyridine rings is 2. The summed E-state index contributed by atoms with van der Waals surface area (Å²) < 4.78 is 14.9. The number of nitrogens with one attached hydrogen (secondary N) is 1. The number of para-hydroxylation sites is 1. The molecule has 1 aromatic carbocycles. The van der Waals surface area contributed by atoms with Gasteiger partial charge in [0.2, 0.25) is 5.95 Å². The van der Waals surface area contributed by atoms with Crippen molar-refractivity contribution in [1.29, 1.82) is 0 Å². The van der Waals surface area contributed by atoms with Crippen molar-refractivity contribution in [2.45, 2.75) is 0 Å². The quantitative estimate of drug-likeness (QED) is 0.624. The average molecular weight is 333 g/mol. The fourth-order valence-electron chi connectivity index (χ4n) is 2.51. The van der Waals surface area contributed by atoms with Crippen molar-refractivity contribution in [3.05, 3.63) is 83.3 Å². The van der Waals surface area contributed by atoms with E-state index in [0.717, 1.165) is 12.3 Å². The molecule has 1 N–H and O–H groups in total. The predicted molar refractivity (Wildman–Crippen MR) is 92.6 cm³/mol. The molecule has 25 heavy (non-hydrogen) atoms. The number of nitrogens with zero attached hydrogens (tertiary/aromatic N) is 4. The molecular formula is C18H12FN5O. The maximum absolute atomic E-state index is 13.5. The van der Waals surface area contributed by atoms with Gasteiger partial charge in [-0.2, -0.15) is 4.98 Å². The zero-order chi connectivity index (χ0) is 17.2. The highest BCUT2D eigenvalue weighted by Gasteiger charge is 2.14. The van der Waals surface area contributed by atoms with Gasteiger partial charge in [-0.3, -0.25) is 9.78 Å². The highest BCUT2D eigenvalue weighted by Crippen LogP contribution is 2.19. The van der Waals surface area contributed by atoms with Crippen molar-refractivity contribution in [2.24, 2.45) is 0 Å². The number of fused-ring (bicyclic) bond motifs is 1. The molecule has 0 unspecified atom stereocenters. The summed E-state index contributed by atoms with van der Waals surface area (Å²) >= 11 is 0. The van der Waals surface area contributed by atoms with Gasteiger partial charge in [0.25, 0.3) is 5.56 Å². The molecule has 0 aliphatic heterocycles. The number of benzene rings is 1. The zero-order valence-corrected chi connectivity index (χ0v) is 12.9. The lowest BCUT2D eigenvalue weighted by molar-refractivity contribution is 0.623. The maximum atomic E-state index is 13.5. The Hall–Kier alpha value is -3.61. The first-order chi connectivity index (χ1) is 12.2. The molecule has 0 bridgehead atoms. The lowest BCUT2D eigenvalue weighted by Crippen LogP contribution is -2.23. The van der Waals surface area contributed by atoms with Crippen LogP contribution in [0.15, 0.2) is 71.9 Å². The van der Waals surface area contributed by atoms with Gasteiger partial charge in [-0.25, -0.2) is 13.9 Å². The van der Waals surface area contributed by atoms with Crippen LogP contribution in [0.4, 0.5) is 16.0 Å². The number of halogens is 1. The Morgan fingerprint density at radius 2 is 1.88 bits per heavy atom. The van der Waals surface area contributed by atoms with Crippen molar-refractivity contribution >= 4 is 22.7 Å². The molecule has 0 radical (unpaired) electrons. The van der Waals surface area contributed by atoms with Crippen LogP contribution in [0.25, 0.3) is 16.7 Å². The van der Waals surface area contributed by atoms with Gasteiger partial charge >= 0.3 is 0 Å². The van der Waals surface area contributed by atoms with Crippen LogP contribution in [-0.4, -0.2) is 19.5 Å². The Bertz CT molecular complexity index is 1100. The third-order valence-corrected chi connectivity index (χ3v) is 3.62. The summed E-state index contributed by atoms with van der Waals surface area (Å²) in [7, 11) is 0. The minimum absolute atomic E-state index is 0.112.